The Kier molecular flexibility index (Phi) is 8.22. The molecule has 3 heterocycles. The molecule has 9 aromatic carbocycles. The molecule has 11 aromatic rings. The van der Waals surface area contributed by atoms with Crippen molar-refractivity contribution in [3.05, 3.63) is 241 Å². The molecule has 4 nitrogen and oxygen atoms in total. The number of aromatic nitrogens is 1. The summed E-state index contributed by atoms with van der Waals surface area (Å²) in [4.78, 5) is 5.31. The largest absolute Gasteiger partial charge is 0.456 e. The second kappa shape index (κ2) is 14.2. The second-order valence-electron chi connectivity index (χ2n) is 15.9. The minimum absolute atomic E-state index is 0.0922. The molecular formula is C56H39N3OSi. The molecule has 1 aliphatic rings. The predicted molar refractivity (Wildman–Crippen MR) is 257 cm³/mol. The Labute approximate surface area is 354 Å². The van der Waals surface area contributed by atoms with E-state index in [9.17, 15) is 0 Å². The molecule has 1 atom stereocenters. The van der Waals surface area contributed by atoms with E-state index in [0.717, 1.165) is 61.1 Å². The third-order valence-corrected chi connectivity index (χ3v) is 17.4. The van der Waals surface area contributed by atoms with Crippen molar-refractivity contribution in [2.45, 2.75) is 6.04 Å². The zero-order chi connectivity index (χ0) is 40.3. The molecule has 0 spiro atoms. The maximum Gasteiger partial charge on any atom is 0.179 e. The van der Waals surface area contributed by atoms with Crippen molar-refractivity contribution in [3.63, 3.8) is 0 Å². The minimum Gasteiger partial charge on any atom is -0.456 e. The van der Waals surface area contributed by atoms with Crippen molar-refractivity contribution in [2.75, 3.05) is 5.32 Å². The smallest absolute Gasteiger partial charge is 0.179 e. The summed E-state index contributed by atoms with van der Waals surface area (Å²) in [5.74, 6) is 0.863. The van der Waals surface area contributed by atoms with Crippen molar-refractivity contribution in [3.8, 4) is 5.69 Å². The average Bonchev–Trinajstić information content (AvgIpc) is 3.86. The summed E-state index contributed by atoms with van der Waals surface area (Å²) < 4.78 is 8.98. The zero-order valence-corrected chi connectivity index (χ0v) is 34.2. The van der Waals surface area contributed by atoms with Gasteiger partial charge in [0.05, 0.1) is 11.0 Å². The third kappa shape index (κ3) is 5.62. The van der Waals surface area contributed by atoms with Gasteiger partial charge in [-0.05, 0) is 80.9 Å². The van der Waals surface area contributed by atoms with Crippen LogP contribution in [-0.4, -0.2) is 18.5 Å². The topological polar surface area (TPSA) is 42.5 Å². The Morgan fingerprint density at radius 2 is 1.03 bits per heavy atom. The van der Waals surface area contributed by atoms with Crippen LogP contribution in [0, 0.1) is 0 Å². The fourth-order valence-corrected chi connectivity index (χ4v) is 14.6. The van der Waals surface area contributed by atoms with Crippen molar-refractivity contribution in [1.29, 1.82) is 0 Å². The number of aliphatic imine (C=N–C) groups is 1. The SMILES string of the molecule is c1ccc(C2N=C(c3ccc(-n4c5ccc([Si](c6ccccc6)(c6ccccc6)c6ccccc6)cc5c5cc6oc7ccccc7c6cc54)cc3)Nc3ccccc32)cc1. The molecule has 61 heavy (non-hydrogen) atoms. The Bertz CT molecular complexity index is 3330. The van der Waals surface area contributed by atoms with Crippen molar-refractivity contribution in [2.24, 2.45) is 4.99 Å². The normalized spacial score (nSPS) is 14.0. The van der Waals surface area contributed by atoms with E-state index in [1.54, 1.807) is 0 Å². The van der Waals surface area contributed by atoms with Crippen molar-refractivity contribution >= 4 is 84.1 Å². The van der Waals surface area contributed by atoms with Gasteiger partial charge in [0.1, 0.15) is 23.0 Å². The van der Waals surface area contributed by atoms with Gasteiger partial charge < -0.3 is 14.3 Å². The van der Waals surface area contributed by atoms with Crippen LogP contribution in [0.5, 0.6) is 0 Å². The standard InChI is InChI=1S/C56H39N3OSi/c1-5-17-38(18-6-1)55-46-26-13-15-27-50(46)57-56(58-55)39-29-31-40(32-30-39)59-51-34-33-44(35-47(51)48-37-54-49(36-52(48)59)45-25-14-16-28-53(45)60-54)61(41-19-7-2-8-20-41,42-21-9-3-10-22-42)43-23-11-4-12-24-43/h1-37,55H,(H,57,58). The number of hydrogen-bond donors (Lipinski definition) is 1. The number of furan rings is 1. The van der Waals surface area contributed by atoms with Crippen molar-refractivity contribution < 1.29 is 4.42 Å². The molecule has 0 aliphatic carbocycles. The van der Waals surface area contributed by atoms with E-state index in [4.69, 9.17) is 9.41 Å². The van der Waals surface area contributed by atoms with Crippen LogP contribution in [0.1, 0.15) is 22.7 Å². The maximum atomic E-state index is 6.56. The van der Waals surface area contributed by atoms with E-state index in [2.05, 4.69) is 228 Å². The van der Waals surface area contributed by atoms with Crippen LogP contribution in [0.15, 0.2) is 234 Å². The van der Waals surface area contributed by atoms with Gasteiger partial charge in [0, 0.05) is 44.0 Å². The summed E-state index contributed by atoms with van der Waals surface area (Å²) in [6.07, 6.45) is 0. The lowest BCUT2D eigenvalue weighted by Gasteiger charge is -2.34. The number of benzene rings is 9. The number of anilines is 1. The first-order valence-electron chi connectivity index (χ1n) is 20.9. The number of nitrogens with zero attached hydrogens (tertiary/aromatic N) is 2. The zero-order valence-electron chi connectivity index (χ0n) is 33.2. The van der Waals surface area contributed by atoms with Crippen LogP contribution in [0.3, 0.4) is 0 Å². The Morgan fingerprint density at radius 1 is 0.443 bits per heavy atom. The van der Waals surface area contributed by atoms with Gasteiger partial charge >= 0.3 is 0 Å². The van der Waals surface area contributed by atoms with E-state index < -0.39 is 8.07 Å². The molecular weight excluding hydrogens is 759 g/mol. The average molecular weight is 798 g/mol. The fourth-order valence-electron chi connectivity index (χ4n) is 9.83. The molecule has 0 saturated carbocycles. The number of para-hydroxylation sites is 2. The van der Waals surface area contributed by atoms with Crippen LogP contribution in [-0.2, 0) is 0 Å². The number of hydrogen-bond acceptors (Lipinski definition) is 3. The Morgan fingerprint density at radius 3 is 1.72 bits per heavy atom. The molecule has 0 fully saturated rings. The van der Waals surface area contributed by atoms with Crippen molar-refractivity contribution in [1.82, 2.24) is 4.57 Å². The first-order chi connectivity index (χ1) is 30.2. The quantitative estimate of drug-likeness (QED) is 0.129. The van der Waals surface area contributed by atoms with Crippen LogP contribution >= 0.6 is 0 Å². The highest BCUT2D eigenvalue weighted by atomic mass is 28.3. The summed E-state index contributed by atoms with van der Waals surface area (Å²) >= 11 is 0. The van der Waals surface area contributed by atoms with Gasteiger partial charge in [-0.25, -0.2) is 0 Å². The molecule has 5 heteroatoms. The van der Waals surface area contributed by atoms with Crippen LogP contribution in [0.2, 0.25) is 0 Å². The van der Waals surface area contributed by atoms with Crippen LogP contribution in [0.25, 0.3) is 49.4 Å². The molecule has 0 radical (unpaired) electrons. The van der Waals surface area contributed by atoms with E-state index in [1.807, 2.05) is 6.07 Å². The minimum atomic E-state index is -2.79. The molecule has 1 N–H and O–H groups in total. The summed E-state index contributed by atoms with van der Waals surface area (Å²) in [6.45, 7) is 0. The summed E-state index contributed by atoms with van der Waals surface area (Å²) in [6, 6.07) is 81.4. The molecule has 2 aromatic heterocycles. The number of fused-ring (bicyclic) bond motifs is 7. The highest BCUT2D eigenvalue weighted by Crippen LogP contribution is 2.39. The molecule has 0 bridgehead atoms. The maximum absolute atomic E-state index is 6.56. The molecule has 0 amide bonds. The third-order valence-electron chi connectivity index (χ3n) is 12.6. The summed E-state index contributed by atoms with van der Waals surface area (Å²) in [5.41, 5.74) is 9.62. The second-order valence-corrected chi connectivity index (χ2v) is 19.7. The summed E-state index contributed by atoms with van der Waals surface area (Å²) in [7, 11) is -2.79. The number of nitrogens with one attached hydrogen (secondary N) is 1. The Balaban J connectivity index is 1.08. The van der Waals surface area contributed by atoms with Gasteiger partial charge in [-0.2, -0.15) is 0 Å². The van der Waals surface area contributed by atoms with E-state index in [-0.39, 0.29) is 6.04 Å². The van der Waals surface area contributed by atoms with E-state index in [1.165, 1.54) is 37.3 Å². The predicted octanol–water partition coefficient (Wildman–Crippen LogP) is 11.0. The highest BCUT2D eigenvalue weighted by Gasteiger charge is 2.41. The fraction of sp³-hybridized carbons (Fsp3) is 0.0179. The first-order valence-corrected chi connectivity index (χ1v) is 22.9. The van der Waals surface area contributed by atoms with Crippen LogP contribution < -0.4 is 26.1 Å². The van der Waals surface area contributed by atoms with Gasteiger partial charge in [0.15, 0.2) is 8.07 Å². The lowest BCUT2D eigenvalue weighted by molar-refractivity contribution is 0.669. The Hall–Kier alpha value is -7.73. The van der Waals surface area contributed by atoms with E-state index in [0.29, 0.717) is 0 Å². The van der Waals surface area contributed by atoms with Crippen LogP contribution in [0.4, 0.5) is 5.69 Å². The van der Waals surface area contributed by atoms with Gasteiger partial charge in [-0.3, -0.25) is 4.99 Å². The summed E-state index contributed by atoms with van der Waals surface area (Å²) in [5, 5.41) is 13.6. The lowest BCUT2D eigenvalue weighted by Crippen LogP contribution is -2.74. The number of amidine groups is 1. The molecule has 0 saturated heterocycles. The van der Waals surface area contributed by atoms with Gasteiger partial charge in [0.2, 0.25) is 0 Å². The first kappa shape index (κ1) is 35.2. The molecule has 1 aliphatic heterocycles. The number of rotatable bonds is 7. The molecule has 12 rings (SSSR count). The highest BCUT2D eigenvalue weighted by molar-refractivity contribution is 7.20. The van der Waals surface area contributed by atoms with Gasteiger partial charge in [0.25, 0.3) is 0 Å². The molecule has 288 valence electrons. The van der Waals surface area contributed by atoms with Gasteiger partial charge in [-0.1, -0.05) is 170 Å². The van der Waals surface area contributed by atoms with E-state index >= 15 is 0 Å². The molecule has 1 unspecified atom stereocenters. The monoisotopic (exact) mass is 797 g/mol. The van der Waals surface area contributed by atoms with Gasteiger partial charge in [-0.15, -0.1) is 0 Å². The lowest BCUT2D eigenvalue weighted by atomic mass is 9.95.